The van der Waals surface area contributed by atoms with Crippen LogP contribution in [0.25, 0.3) is 0 Å². The average molecular weight is 370 g/mol. The van der Waals surface area contributed by atoms with E-state index in [1.165, 1.54) is 22.8 Å². The van der Waals surface area contributed by atoms with Crippen molar-refractivity contribution in [2.45, 2.75) is 32.2 Å². The standard InChI is InChI=1S/C15H19IN2O/c16-14-5-7-15(8-6-14)19-12-4-2-1-3-10-18-11-9-17-13-18/h5-9,11,13H,1-4,10,12H2. The van der Waals surface area contributed by atoms with Gasteiger partial charge in [-0.25, -0.2) is 4.98 Å². The van der Waals surface area contributed by atoms with Gasteiger partial charge in [0, 0.05) is 22.5 Å². The highest BCUT2D eigenvalue weighted by molar-refractivity contribution is 14.1. The summed E-state index contributed by atoms with van der Waals surface area (Å²) in [6, 6.07) is 8.20. The first-order valence-corrected chi connectivity index (χ1v) is 7.76. The minimum absolute atomic E-state index is 0.811. The average Bonchev–Trinajstić information content (AvgIpc) is 2.93. The Morgan fingerprint density at radius 1 is 1.05 bits per heavy atom. The van der Waals surface area contributed by atoms with Crippen LogP contribution in [0.4, 0.5) is 0 Å². The SMILES string of the molecule is Ic1ccc(OCCCCCCn2ccnc2)cc1. The molecule has 0 radical (unpaired) electrons. The van der Waals surface area contributed by atoms with Gasteiger partial charge < -0.3 is 9.30 Å². The van der Waals surface area contributed by atoms with Gasteiger partial charge in [0.05, 0.1) is 12.9 Å². The van der Waals surface area contributed by atoms with E-state index in [-0.39, 0.29) is 0 Å². The first-order chi connectivity index (χ1) is 9.34. The van der Waals surface area contributed by atoms with Crippen molar-refractivity contribution >= 4 is 22.6 Å². The van der Waals surface area contributed by atoms with Crippen molar-refractivity contribution in [3.8, 4) is 5.75 Å². The zero-order chi connectivity index (χ0) is 13.3. The number of aromatic nitrogens is 2. The first-order valence-electron chi connectivity index (χ1n) is 6.69. The molecule has 0 amide bonds. The van der Waals surface area contributed by atoms with Crippen molar-refractivity contribution < 1.29 is 4.74 Å². The molecule has 1 aromatic carbocycles. The molecular weight excluding hydrogens is 351 g/mol. The molecule has 1 aromatic heterocycles. The molecule has 0 aliphatic carbocycles. The number of halogens is 1. The van der Waals surface area contributed by atoms with Crippen LogP contribution in [0.1, 0.15) is 25.7 Å². The van der Waals surface area contributed by atoms with Gasteiger partial charge in [-0.15, -0.1) is 0 Å². The lowest BCUT2D eigenvalue weighted by molar-refractivity contribution is 0.304. The molecule has 1 heterocycles. The van der Waals surface area contributed by atoms with Gasteiger partial charge in [0.15, 0.2) is 0 Å². The topological polar surface area (TPSA) is 27.1 Å². The van der Waals surface area contributed by atoms with Gasteiger partial charge in [-0.2, -0.15) is 0 Å². The number of hydrogen-bond acceptors (Lipinski definition) is 2. The van der Waals surface area contributed by atoms with Crippen molar-refractivity contribution in [3.05, 3.63) is 46.6 Å². The molecule has 0 saturated heterocycles. The Hall–Kier alpha value is -1.04. The zero-order valence-corrected chi connectivity index (χ0v) is 13.1. The van der Waals surface area contributed by atoms with Gasteiger partial charge in [0.1, 0.15) is 5.75 Å². The third-order valence-electron chi connectivity index (χ3n) is 2.95. The fraction of sp³-hybridized carbons (Fsp3) is 0.400. The molecule has 0 atom stereocenters. The van der Waals surface area contributed by atoms with Crippen LogP contribution < -0.4 is 4.74 Å². The quantitative estimate of drug-likeness (QED) is 0.516. The Morgan fingerprint density at radius 3 is 2.58 bits per heavy atom. The van der Waals surface area contributed by atoms with Crippen molar-refractivity contribution in [2.75, 3.05) is 6.61 Å². The normalized spacial score (nSPS) is 10.6. The van der Waals surface area contributed by atoms with E-state index in [0.717, 1.165) is 25.3 Å². The third kappa shape index (κ3) is 5.63. The highest BCUT2D eigenvalue weighted by Crippen LogP contribution is 2.14. The van der Waals surface area contributed by atoms with E-state index in [0.29, 0.717) is 0 Å². The van der Waals surface area contributed by atoms with Crippen molar-refractivity contribution in [1.82, 2.24) is 9.55 Å². The van der Waals surface area contributed by atoms with Gasteiger partial charge in [-0.1, -0.05) is 12.8 Å². The summed E-state index contributed by atoms with van der Waals surface area (Å²) in [5.74, 6) is 0.971. The highest BCUT2D eigenvalue weighted by Gasteiger charge is 1.95. The maximum Gasteiger partial charge on any atom is 0.119 e. The molecule has 3 nitrogen and oxygen atoms in total. The Labute approximate surface area is 128 Å². The smallest absolute Gasteiger partial charge is 0.119 e. The summed E-state index contributed by atoms with van der Waals surface area (Å²) in [6.07, 6.45) is 10.5. The summed E-state index contributed by atoms with van der Waals surface area (Å²) in [4.78, 5) is 4.03. The number of benzene rings is 1. The van der Waals surface area contributed by atoms with Crippen LogP contribution in [0.3, 0.4) is 0 Å². The van der Waals surface area contributed by atoms with Crippen LogP contribution in [0.15, 0.2) is 43.0 Å². The lowest BCUT2D eigenvalue weighted by Gasteiger charge is -2.06. The van der Waals surface area contributed by atoms with Gasteiger partial charge in [-0.3, -0.25) is 0 Å². The number of ether oxygens (including phenoxy) is 1. The number of unbranched alkanes of at least 4 members (excludes halogenated alkanes) is 3. The molecule has 0 aliphatic heterocycles. The van der Waals surface area contributed by atoms with Crippen LogP contribution in [-0.4, -0.2) is 16.2 Å². The fourth-order valence-corrected chi connectivity index (χ4v) is 2.25. The molecule has 0 saturated carbocycles. The predicted molar refractivity (Wildman–Crippen MR) is 85.3 cm³/mol. The van der Waals surface area contributed by atoms with E-state index >= 15 is 0 Å². The molecule has 0 fully saturated rings. The second-order valence-electron chi connectivity index (χ2n) is 4.52. The van der Waals surface area contributed by atoms with E-state index in [1.54, 1.807) is 0 Å². The number of aryl methyl sites for hydroxylation is 1. The van der Waals surface area contributed by atoms with Crippen LogP contribution in [0.2, 0.25) is 0 Å². The van der Waals surface area contributed by atoms with E-state index in [2.05, 4.69) is 44.3 Å². The molecular formula is C15H19IN2O. The Morgan fingerprint density at radius 2 is 1.84 bits per heavy atom. The Balaban J connectivity index is 1.49. The van der Waals surface area contributed by atoms with Crippen LogP contribution in [-0.2, 0) is 6.54 Å². The van der Waals surface area contributed by atoms with Crippen LogP contribution >= 0.6 is 22.6 Å². The molecule has 0 bridgehead atoms. The zero-order valence-electron chi connectivity index (χ0n) is 11.0. The lowest BCUT2D eigenvalue weighted by Crippen LogP contribution is -1.98. The Bertz CT molecular complexity index is 454. The summed E-state index contributed by atoms with van der Waals surface area (Å²) < 4.78 is 9.06. The molecule has 2 aromatic rings. The number of hydrogen-bond donors (Lipinski definition) is 0. The third-order valence-corrected chi connectivity index (χ3v) is 3.67. The van der Waals surface area contributed by atoms with Gasteiger partial charge in [-0.05, 0) is 59.7 Å². The van der Waals surface area contributed by atoms with Crippen molar-refractivity contribution in [1.29, 1.82) is 0 Å². The predicted octanol–water partition coefficient (Wildman–Crippen LogP) is 4.13. The molecule has 0 spiro atoms. The van der Waals surface area contributed by atoms with E-state index in [1.807, 2.05) is 30.9 Å². The number of imidazole rings is 1. The van der Waals surface area contributed by atoms with E-state index < -0.39 is 0 Å². The number of rotatable bonds is 8. The molecule has 19 heavy (non-hydrogen) atoms. The molecule has 0 unspecified atom stereocenters. The monoisotopic (exact) mass is 370 g/mol. The molecule has 0 aliphatic rings. The van der Waals surface area contributed by atoms with Gasteiger partial charge >= 0.3 is 0 Å². The fourth-order valence-electron chi connectivity index (χ4n) is 1.89. The second-order valence-corrected chi connectivity index (χ2v) is 5.76. The molecule has 4 heteroatoms. The van der Waals surface area contributed by atoms with Gasteiger partial charge in [0.2, 0.25) is 0 Å². The van der Waals surface area contributed by atoms with Crippen molar-refractivity contribution in [3.63, 3.8) is 0 Å². The summed E-state index contributed by atoms with van der Waals surface area (Å²) in [7, 11) is 0. The summed E-state index contributed by atoms with van der Waals surface area (Å²) in [5.41, 5.74) is 0. The first kappa shape index (κ1) is 14.4. The highest BCUT2D eigenvalue weighted by atomic mass is 127. The maximum absolute atomic E-state index is 5.69. The second kappa shape index (κ2) is 8.19. The van der Waals surface area contributed by atoms with Gasteiger partial charge in [0.25, 0.3) is 0 Å². The van der Waals surface area contributed by atoms with Crippen LogP contribution in [0, 0.1) is 3.57 Å². The maximum atomic E-state index is 5.69. The molecule has 102 valence electrons. The largest absolute Gasteiger partial charge is 0.494 e. The van der Waals surface area contributed by atoms with Crippen molar-refractivity contribution in [2.24, 2.45) is 0 Å². The van der Waals surface area contributed by atoms with Crippen LogP contribution in [0.5, 0.6) is 5.75 Å². The molecule has 2 rings (SSSR count). The Kier molecular flexibility index (Phi) is 6.20. The van der Waals surface area contributed by atoms with E-state index in [4.69, 9.17) is 4.74 Å². The van der Waals surface area contributed by atoms with E-state index in [9.17, 15) is 0 Å². The summed E-state index contributed by atoms with van der Waals surface area (Å²) in [5, 5.41) is 0. The lowest BCUT2D eigenvalue weighted by atomic mass is 10.2. The summed E-state index contributed by atoms with van der Waals surface area (Å²) >= 11 is 2.30. The minimum Gasteiger partial charge on any atom is -0.494 e. The minimum atomic E-state index is 0.811. The molecule has 0 N–H and O–H groups in total. The number of nitrogens with zero attached hydrogens (tertiary/aromatic N) is 2. The summed E-state index contributed by atoms with van der Waals surface area (Å²) in [6.45, 7) is 1.88.